The van der Waals surface area contributed by atoms with Gasteiger partial charge in [-0.1, -0.05) is 34.6 Å². The van der Waals surface area contributed by atoms with Crippen LogP contribution in [-0.4, -0.2) is 53.6 Å². The maximum absolute atomic E-state index is 5.98. The lowest BCUT2D eigenvalue weighted by molar-refractivity contribution is -0.0685. The molecule has 3 heterocycles. The summed E-state index contributed by atoms with van der Waals surface area (Å²) in [5, 5.41) is 4.49. The van der Waals surface area contributed by atoms with Crippen molar-refractivity contribution in [1.29, 1.82) is 0 Å². The van der Waals surface area contributed by atoms with Crippen LogP contribution in [0.4, 0.5) is 0 Å². The van der Waals surface area contributed by atoms with Gasteiger partial charge in [-0.05, 0) is 5.41 Å². The Balaban J connectivity index is 0.000000774. The predicted molar refractivity (Wildman–Crippen MR) is 83.9 cm³/mol. The quantitative estimate of drug-likeness (QED) is 0.839. The Hall–Kier alpha value is -1.07. The van der Waals surface area contributed by atoms with Gasteiger partial charge in [0, 0.05) is 25.8 Å². The highest BCUT2D eigenvalue weighted by Crippen LogP contribution is 2.34. The molecule has 120 valence electrons. The van der Waals surface area contributed by atoms with Gasteiger partial charge >= 0.3 is 0 Å². The second-order valence-electron chi connectivity index (χ2n) is 6.57. The van der Waals surface area contributed by atoms with Gasteiger partial charge in [0.05, 0.1) is 24.9 Å². The van der Waals surface area contributed by atoms with E-state index >= 15 is 0 Å². The Morgan fingerprint density at radius 2 is 1.90 bits per heavy atom. The van der Waals surface area contributed by atoms with Gasteiger partial charge in [0.25, 0.3) is 0 Å². The van der Waals surface area contributed by atoms with Crippen molar-refractivity contribution in [2.24, 2.45) is 0 Å². The van der Waals surface area contributed by atoms with Crippen LogP contribution in [0.3, 0.4) is 0 Å². The van der Waals surface area contributed by atoms with Gasteiger partial charge in [-0.25, -0.2) is 4.68 Å². The van der Waals surface area contributed by atoms with Crippen LogP contribution >= 0.6 is 0 Å². The van der Waals surface area contributed by atoms with Crippen molar-refractivity contribution in [2.75, 3.05) is 26.8 Å². The molecule has 1 saturated heterocycles. The Kier molecular flexibility index (Phi) is 4.94. The van der Waals surface area contributed by atoms with E-state index in [0.717, 1.165) is 32.1 Å². The van der Waals surface area contributed by atoms with Crippen LogP contribution in [0.2, 0.25) is 0 Å². The molecular formula is C16H29N3O2. The molecule has 0 amide bonds. The van der Waals surface area contributed by atoms with E-state index < -0.39 is 0 Å². The van der Waals surface area contributed by atoms with Crippen LogP contribution in [0.1, 0.15) is 40.2 Å². The molecule has 5 heteroatoms. The first-order valence-electron chi connectivity index (χ1n) is 7.95. The molecule has 2 aliphatic rings. The topological polar surface area (TPSA) is 39.5 Å². The number of ether oxygens (including phenoxy) is 2. The van der Waals surface area contributed by atoms with Gasteiger partial charge in [0.15, 0.2) is 0 Å². The Labute approximate surface area is 128 Å². The zero-order valence-corrected chi connectivity index (χ0v) is 14.2. The molecule has 1 aromatic heterocycles. The predicted octanol–water partition coefficient (Wildman–Crippen LogP) is 2.30. The highest BCUT2D eigenvalue weighted by atomic mass is 16.5. The third-order valence-electron chi connectivity index (χ3n) is 4.12. The molecule has 0 N–H and O–H groups in total. The first-order valence-corrected chi connectivity index (χ1v) is 7.95. The highest BCUT2D eigenvalue weighted by molar-refractivity contribution is 5.32. The minimum atomic E-state index is 0.0817. The summed E-state index contributed by atoms with van der Waals surface area (Å²) in [6.07, 6.45) is 2.34. The lowest BCUT2D eigenvalue weighted by atomic mass is 9.89. The first-order chi connectivity index (χ1) is 9.99. The van der Waals surface area contributed by atoms with Gasteiger partial charge in [0.1, 0.15) is 6.61 Å². The molecule has 1 aromatic rings. The zero-order chi connectivity index (χ0) is 15.6. The summed E-state index contributed by atoms with van der Waals surface area (Å²) in [7, 11) is 1.78. The summed E-state index contributed by atoms with van der Waals surface area (Å²) in [6.45, 7) is 14.3. The fourth-order valence-corrected chi connectivity index (χ4v) is 2.74. The molecule has 0 aromatic carbocycles. The van der Waals surface area contributed by atoms with Crippen LogP contribution < -0.4 is 4.74 Å². The molecule has 0 aliphatic carbocycles. The Morgan fingerprint density at radius 1 is 1.24 bits per heavy atom. The van der Waals surface area contributed by atoms with Gasteiger partial charge in [-0.2, -0.15) is 5.10 Å². The lowest BCUT2D eigenvalue weighted by Gasteiger charge is -2.44. The van der Waals surface area contributed by atoms with Crippen molar-refractivity contribution in [3.05, 3.63) is 11.8 Å². The van der Waals surface area contributed by atoms with Crippen LogP contribution in [0.25, 0.3) is 0 Å². The van der Waals surface area contributed by atoms with Crippen molar-refractivity contribution in [1.82, 2.24) is 14.7 Å². The number of aromatic nitrogens is 2. The number of rotatable bonds is 2. The molecule has 0 radical (unpaired) electrons. The lowest BCUT2D eigenvalue weighted by Crippen LogP contribution is -2.59. The van der Waals surface area contributed by atoms with E-state index in [-0.39, 0.29) is 5.41 Å². The molecule has 2 aliphatic heterocycles. The first kappa shape index (κ1) is 16.3. The summed E-state index contributed by atoms with van der Waals surface area (Å²) in [5.41, 5.74) is 1.28. The van der Waals surface area contributed by atoms with Crippen molar-refractivity contribution in [3.8, 4) is 5.88 Å². The molecule has 0 saturated carbocycles. The monoisotopic (exact) mass is 295 g/mol. The summed E-state index contributed by atoms with van der Waals surface area (Å²) in [4.78, 5) is 2.41. The van der Waals surface area contributed by atoms with Gasteiger partial charge in [-0.3, -0.25) is 4.90 Å². The van der Waals surface area contributed by atoms with E-state index in [1.165, 1.54) is 5.56 Å². The van der Waals surface area contributed by atoms with Gasteiger partial charge in [-0.15, -0.1) is 0 Å². The fraction of sp³-hybridized carbons (Fsp3) is 0.812. The van der Waals surface area contributed by atoms with Crippen molar-refractivity contribution >= 4 is 0 Å². The largest absolute Gasteiger partial charge is 0.476 e. The number of hydrogen-bond donors (Lipinski definition) is 0. The van der Waals surface area contributed by atoms with Crippen LogP contribution in [0.5, 0.6) is 5.88 Å². The van der Waals surface area contributed by atoms with E-state index in [1.54, 1.807) is 7.11 Å². The molecular weight excluding hydrogens is 266 g/mol. The normalized spacial score (nSPS) is 22.7. The number of hydrogen-bond acceptors (Lipinski definition) is 4. The summed E-state index contributed by atoms with van der Waals surface area (Å²) in [6, 6.07) is 0.423. The average molecular weight is 295 g/mol. The maximum atomic E-state index is 5.98. The van der Waals surface area contributed by atoms with Crippen LogP contribution in [-0.2, 0) is 16.7 Å². The third kappa shape index (κ3) is 3.24. The minimum Gasteiger partial charge on any atom is -0.476 e. The molecule has 3 rings (SSSR count). The number of fused-ring (bicyclic) bond motifs is 1. The second kappa shape index (κ2) is 6.36. The van der Waals surface area contributed by atoms with Gasteiger partial charge in [0.2, 0.25) is 5.88 Å². The summed E-state index contributed by atoms with van der Waals surface area (Å²) in [5.74, 6) is 0.951. The summed E-state index contributed by atoms with van der Waals surface area (Å²) < 4.78 is 13.3. The van der Waals surface area contributed by atoms with Crippen LogP contribution in [0.15, 0.2) is 6.20 Å². The van der Waals surface area contributed by atoms with Crippen molar-refractivity contribution in [2.45, 2.75) is 58.7 Å². The molecule has 1 unspecified atom stereocenters. The third-order valence-corrected chi connectivity index (χ3v) is 4.12. The number of nitrogens with zero attached hydrogens (tertiary/aromatic N) is 3. The van der Waals surface area contributed by atoms with Gasteiger partial charge < -0.3 is 9.47 Å². The maximum Gasteiger partial charge on any atom is 0.215 e. The molecule has 0 spiro atoms. The highest BCUT2D eigenvalue weighted by Gasteiger charge is 2.36. The standard InChI is InChI=1S/C14H23N3O2.C2H6/c1-14(2,3)12-5-15-17-6-10(9-19-13(12)17)16-7-11(8-16)18-4;1-2/h5,10-11H,6-9H2,1-4H3;1-2H3. The Morgan fingerprint density at radius 3 is 2.48 bits per heavy atom. The van der Waals surface area contributed by atoms with E-state index in [2.05, 4.69) is 30.8 Å². The SMILES string of the molecule is CC.COC1CN(C2COc3c(C(C)(C)C)cnn3C2)C1. The molecule has 0 bridgehead atoms. The second-order valence-corrected chi connectivity index (χ2v) is 6.57. The average Bonchev–Trinajstić information content (AvgIpc) is 2.83. The summed E-state index contributed by atoms with van der Waals surface area (Å²) >= 11 is 0. The minimum absolute atomic E-state index is 0.0817. The van der Waals surface area contributed by atoms with E-state index in [4.69, 9.17) is 9.47 Å². The number of likely N-dealkylation sites (tertiary alicyclic amines) is 1. The van der Waals surface area contributed by atoms with E-state index in [9.17, 15) is 0 Å². The molecule has 21 heavy (non-hydrogen) atoms. The Bertz CT molecular complexity index is 459. The number of methoxy groups -OCH3 is 1. The smallest absolute Gasteiger partial charge is 0.215 e. The van der Waals surface area contributed by atoms with Crippen LogP contribution in [0, 0.1) is 0 Å². The van der Waals surface area contributed by atoms with E-state index in [0.29, 0.717) is 12.1 Å². The fourth-order valence-electron chi connectivity index (χ4n) is 2.74. The molecule has 1 fully saturated rings. The van der Waals surface area contributed by atoms with Crippen molar-refractivity contribution in [3.63, 3.8) is 0 Å². The van der Waals surface area contributed by atoms with E-state index in [1.807, 2.05) is 24.7 Å². The molecule has 5 nitrogen and oxygen atoms in total. The molecule has 1 atom stereocenters. The van der Waals surface area contributed by atoms with Crippen molar-refractivity contribution < 1.29 is 9.47 Å². The zero-order valence-electron chi connectivity index (χ0n) is 14.2.